The van der Waals surface area contributed by atoms with Crippen LogP contribution in [-0.4, -0.2) is 31.9 Å². The van der Waals surface area contributed by atoms with Crippen LogP contribution >= 0.6 is 0 Å². The average Bonchev–Trinajstić information content (AvgIpc) is 3.39. The molecule has 0 saturated carbocycles. The number of hydrogen-bond donors (Lipinski definition) is 2. The van der Waals surface area contributed by atoms with E-state index in [0.717, 1.165) is 11.5 Å². The van der Waals surface area contributed by atoms with Crippen molar-refractivity contribution in [3.63, 3.8) is 0 Å². The minimum atomic E-state index is -0.631. The third-order valence-electron chi connectivity index (χ3n) is 11.8. The largest absolute Gasteiger partial charge is 0.478 e. The summed E-state index contributed by atoms with van der Waals surface area (Å²) >= 11 is 0. The fourth-order valence-corrected chi connectivity index (χ4v) is 10.3. The lowest BCUT2D eigenvalue weighted by molar-refractivity contribution is -0.890. The van der Waals surface area contributed by atoms with Gasteiger partial charge in [-0.3, -0.25) is 0 Å². The smallest absolute Gasteiger partial charge is 0.360 e. The molecule has 0 fully saturated rings. The lowest BCUT2D eigenvalue weighted by Gasteiger charge is -2.50. The molecule has 7 heterocycles. The van der Waals surface area contributed by atoms with Crippen LogP contribution < -0.4 is 51.1 Å². The van der Waals surface area contributed by atoms with Gasteiger partial charge in [0.1, 0.15) is 30.9 Å². The van der Waals surface area contributed by atoms with Gasteiger partial charge in [0.2, 0.25) is 24.8 Å². The van der Waals surface area contributed by atoms with Gasteiger partial charge in [-0.1, -0.05) is 84.0 Å². The van der Waals surface area contributed by atoms with Crippen molar-refractivity contribution in [1.29, 1.82) is 0 Å². The maximum absolute atomic E-state index is 6.33. The highest BCUT2D eigenvalue weighted by atomic mass is 16.5. The number of aromatic nitrogens is 3. The van der Waals surface area contributed by atoms with Crippen LogP contribution in [0, 0.1) is 0 Å². The lowest BCUT2D eigenvalue weighted by Crippen LogP contribution is -2.84. The third-order valence-corrected chi connectivity index (χ3v) is 11.8. The molecule has 1 aromatic heterocycles. The van der Waals surface area contributed by atoms with E-state index in [-0.39, 0.29) is 19.3 Å². The molecule has 43 heavy (non-hydrogen) atoms. The molecule has 2 spiro atoms. The van der Waals surface area contributed by atoms with E-state index in [9.17, 15) is 0 Å². The van der Waals surface area contributed by atoms with E-state index in [4.69, 9.17) is 14.5 Å². The topological polar surface area (TPSA) is 63.2 Å². The highest BCUT2D eigenvalue weighted by Crippen LogP contribution is 2.58. The zero-order valence-electron chi connectivity index (χ0n) is 23.7. The molecule has 9 heteroatoms. The first kappa shape index (κ1) is 22.1. The van der Waals surface area contributed by atoms with Gasteiger partial charge in [0.25, 0.3) is 0 Å². The van der Waals surface area contributed by atoms with Gasteiger partial charge in [0.05, 0.1) is 16.1 Å². The van der Waals surface area contributed by atoms with Crippen molar-refractivity contribution in [3.05, 3.63) is 113 Å². The lowest BCUT2D eigenvalue weighted by atomic mass is 9.36. The van der Waals surface area contributed by atoms with Gasteiger partial charge in [-0.2, -0.15) is 0 Å². The number of nitrogens with zero attached hydrogens (tertiary/aromatic N) is 3. The third kappa shape index (κ3) is 2.01. The second-order valence-corrected chi connectivity index (χ2v) is 13.1. The summed E-state index contributed by atoms with van der Waals surface area (Å²) in [7, 11) is 0. The quantitative estimate of drug-likeness (QED) is 0.203. The molecule has 7 aliphatic rings. The van der Waals surface area contributed by atoms with E-state index in [1.807, 2.05) is 0 Å². The van der Waals surface area contributed by atoms with Crippen LogP contribution in [0.4, 0.5) is 0 Å². The highest BCUT2D eigenvalue weighted by molar-refractivity contribution is 6.86. The Balaban J connectivity index is 1.34. The van der Waals surface area contributed by atoms with Gasteiger partial charge in [0, 0.05) is 11.1 Å². The number of fused-ring (bicyclic) bond motifs is 1. The van der Waals surface area contributed by atoms with E-state index >= 15 is 0 Å². The standard InChI is InChI=1S/C34H25B2N5O2/c1-35-19-5-3-7-23-28(19)33(38-15-42-23)30-21(35)11-9-17-18-10-12-22-31-26(18)27(25(17)30)32-40(33)13-37-14-41(32)34(31)29-20(36(22)2)6-4-8-24(29)43-16-39-34/h3-14,27,38-39H,15-16H2,1-2H3/q+2. The first-order chi connectivity index (χ1) is 21.2. The Hall–Kier alpha value is -4.46. The summed E-state index contributed by atoms with van der Waals surface area (Å²) in [6.07, 6.45) is 4.11. The summed E-state index contributed by atoms with van der Waals surface area (Å²) in [5.41, 5.74) is 14.9. The van der Waals surface area contributed by atoms with Crippen molar-refractivity contribution < 1.29 is 18.6 Å². The van der Waals surface area contributed by atoms with Crippen molar-refractivity contribution in [2.24, 2.45) is 0 Å². The van der Waals surface area contributed by atoms with Gasteiger partial charge >= 0.3 is 18.5 Å². The van der Waals surface area contributed by atoms with Crippen LogP contribution in [0.15, 0.2) is 73.3 Å². The van der Waals surface area contributed by atoms with Crippen LogP contribution in [0.1, 0.15) is 45.1 Å². The van der Waals surface area contributed by atoms with E-state index in [1.54, 1.807) is 0 Å². The van der Waals surface area contributed by atoms with Crippen LogP contribution in [0.25, 0.3) is 11.1 Å². The van der Waals surface area contributed by atoms with E-state index < -0.39 is 11.3 Å². The highest BCUT2D eigenvalue weighted by Gasteiger charge is 2.69. The first-order valence-corrected chi connectivity index (χ1v) is 15.4. The molecule has 5 aromatic rings. The Morgan fingerprint density at radius 2 is 1.16 bits per heavy atom. The second kappa shape index (κ2) is 6.69. The Labute approximate surface area is 248 Å². The van der Waals surface area contributed by atoms with Gasteiger partial charge in [-0.05, 0) is 34.4 Å². The summed E-state index contributed by atoms with van der Waals surface area (Å²) in [5, 5.41) is 7.88. The SMILES string of the molecule is CB1c2cccc3c2C2(NCO3)c3c1ccc1c3C3c4c-1ccc1c4C4(NCOc5cccc(c54)B1C)[n+]1cnc[n+]2c13. The van der Waals surface area contributed by atoms with Crippen molar-refractivity contribution in [1.82, 2.24) is 15.6 Å². The summed E-state index contributed by atoms with van der Waals surface area (Å²) in [6, 6.07) is 22.7. The molecule has 2 unspecified atom stereocenters. The number of rotatable bonds is 0. The number of hydrogen-bond acceptors (Lipinski definition) is 5. The molecule has 0 amide bonds. The molecule has 4 aromatic carbocycles. The molecular formula is C34H25B2N5O2+2. The van der Waals surface area contributed by atoms with E-state index in [1.165, 1.54) is 72.2 Å². The van der Waals surface area contributed by atoms with Crippen LogP contribution in [0.3, 0.4) is 0 Å². The predicted octanol–water partition coefficient (Wildman–Crippen LogP) is -0.0738. The minimum Gasteiger partial charge on any atom is -0.478 e. The molecule has 2 N–H and O–H groups in total. The molecule has 6 aliphatic heterocycles. The van der Waals surface area contributed by atoms with Gasteiger partial charge in [0.15, 0.2) is 0 Å². The Morgan fingerprint density at radius 1 is 0.674 bits per heavy atom. The summed E-state index contributed by atoms with van der Waals surface area (Å²) in [4.78, 5) is 5.04. The monoisotopic (exact) mass is 557 g/mol. The zero-order chi connectivity index (χ0) is 28.0. The van der Waals surface area contributed by atoms with Crippen molar-refractivity contribution in [2.45, 2.75) is 30.9 Å². The number of benzene rings is 4. The zero-order valence-corrected chi connectivity index (χ0v) is 23.7. The molecule has 7 nitrogen and oxygen atoms in total. The molecule has 0 bridgehead atoms. The normalized spacial score (nSPS) is 25.8. The van der Waals surface area contributed by atoms with Crippen LogP contribution in [0.5, 0.6) is 11.5 Å². The van der Waals surface area contributed by atoms with Crippen molar-refractivity contribution in [2.75, 3.05) is 13.5 Å². The molecule has 0 radical (unpaired) electrons. The Kier molecular flexibility index (Phi) is 3.44. The Morgan fingerprint density at radius 3 is 1.67 bits per heavy atom. The van der Waals surface area contributed by atoms with Crippen molar-refractivity contribution >= 4 is 35.3 Å². The van der Waals surface area contributed by atoms with E-state index in [2.05, 4.69) is 107 Å². The van der Waals surface area contributed by atoms with Gasteiger partial charge in [-0.25, -0.2) is 10.6 Å². The number of ether oxygens (including phenoxy) is 2. The average molecular weight is 557 g/mol. The summed E-state index contributed by atoms with van der Waals surface area (Å²) in [6.45, 7) is 6.03. The fourth-order valence-electron chi connectivity index (χ4n) is 10.3. The van der Waals surface area contributed by atoms with Gasteiger partial charge in [-0.15, -0.1) is 9.13 Å². The molecular weight excluding hydrogens is 532 g/mol. The Bertz CT molecular complexity index is 2090. The maximum Gasteiger partial charge on any atom is 0.360 e. The van der Waals surface area contributed by atoms with Crippen molar-refractivity contribution in [3.8, 4) is 22.6 Å². The second-order valence-electron chi connectivity index (χ2n) is 13.1. The van der Waals surface area contributed by atoms with Crippen LogP contribution in [0.2, 0.25) is 13.6 Å². The maximum atomic E-state index is 6.33. The first-order valence-electron chi connectivity index (χ1n) is 15.4. The fraction of sp³-hybridized carbons (Fsp3) is 0.206. The molecule has 12 rings (SSSR count). The molecule has 1 aliphatic carbocycles. The summed E-state index contributed by atoms with van der Waals surface area (Å²) in [5.74, 6) is 3.25. The predicted molar refractivity (Wildman–Crippen MR) is 162 cm³/mol. The minimum absolute atomic E-state index is 0.102. The molecule has 202 valence electrons. The van der Waals surface area contributed by atoms with Crippen LogP contribution in [-0.2, 0) is 11.3 Å². The molecule has 2 atom stereocenters. The van der Waals surface area contributed by atoms with E-state index in [0.29, 0.717) is 13.5 Å². The number of nitrogens with one attached hydrogen (secondary N) is 2. The molecule has 0 saturated heterocycles. The van der Waals surface area contributed by atoms with Gasteiger partial charge < -0.3 is 9.47 Å². The summed E-state index contributed by atoms with van der Waals surface area (Å²) < 4.78 is 17.6.